The van der Waals surface area contributed by atoms with Crippen LogP contribution in [0.15, 0.2) is 11.0 Å². The Morgan fingerprint density at radius 1 is 1.28 bits per heavy atom. The number of phosphoric acid groups is 3. The quantitative estimate of drug-likeness (QED) is 0.111. The summed E-state index contributed by atoms with van der Waals surface area (Å²) in [6.45, 7) is -1.88. The third-order valence-corrected chi connectivity index (χ3v) is 7.52. The number of halogens is 1. The minimum atomic E-state index is -5.94. The van der Waals surface area contributed by atoms with Gasteiger partial charge in [0, 0.05) is 6.20 Å². The van der Waals surface area contributed by atoms with Crippen LogP contribution >= 0.6 is 35.7 Å². The minimum absolute atomic E-state index is 0.0171. The molecule has 182 valence electrons. The van der Waals surface area contributed by atoms with Crippen molar-refractivity contribution in [3.63, 3.8) is 0 Å². The molecule has 0 saturated carbocycles. The third kappa shape index (κ3) is 6.53. The Morgan fingerprint density at radius 3 is 2.41 bits per heavy atom. The molecular formula is C10H14FN2O15P3S. The number of aliphatic hydroxyl groups excluding tert-OH is 2. The number of carbonyl (C=O) groups excluding carboxylic acids is 1. The maximum absolute atomic E-state index is 15.1. The first-order chi connectivity index (χ1) is 14.8. The van der Waals surface area contributed by atoms with E-state index in [0.29, 0.717) is 10.8 Å². The number of alkyl halides is 1. The summed E-state index contributed by atoms with van der Waals surface area (Å²) in [5.74, 6) is -3.72. The lowest BCUT2D eigenvalue weighted by atomic mass is 10.1. The van der Waals surface area contributed by atoms with Crippen LogP contribution in [0.1, 0.15) is 17.9 Å². The van der Waals surface area contributed by atoms with Gasteiger partial charge in [0.25, 0.3) is 11.4 Å². The number of aromatic nitrogens is 2. The second-order valence-corrected chi connectivity index (χ2v) is 10.6. The van der Waals surface area contributed by atoms with E-state index < -0.39 is 70.2 Å². The zero-order chi connectivity index (χ0) is 25.6. The predicted octanol–water partition coefficient (Wildman–Crippen LogP) is -1.02. The second-order valence-electron chi connectivity index (χ2n) is 5.81. The summed E-state index contributed by atoms with van der Waals surface area (Å²) in [6.07, 6.45) is -7.75. The van der Waals surface area contributed by atoms with E-state index in [9.17, 15) is 38.4 Å². The average Bonchev–Trinajstić information content (AvgIpc) is 2.79. The molecule has 1 aromatic heterocycles. The number of aliphatic hydroxyl groups is 2. The van der Waals surface area contributed by atoms with Gasteiger partial charge in [-0.05, 0) is 12.2 Å². The molecule has 0 aromatic carbocycles. The molecule has 2 unspecified atom stereocenters. The highest BCUT2D eigenvalue weighted by Crippen LogP contribution is 2.66. The van der Waals surface area contributed by atoms with Gasteiger partial charge in [0.05, 0.1) is 6.93 Å². The molecule has 2 rings (SSSR count). The molecule has 0 aliphatic carbocycles. The molecule has 1 aromatic rings. The molecule has 1 aliphatic heterocycles. The van der Waals surface area contributed by atoms with Crippen LogP contribution in [0.4, 0.5) is 4.39 Å². The van der Waals surface area contributed by atoms with Crippen molar-refractivity contribution in [1.29, 1.82) is 0 Å². The molecule has 0 bridgehead atoms. The lowest BCUT2D eigenvalue weighted by Crippen LogP contribution is -2.42. The van der Waals surface area contributed by atoms with Crippen molar-refractivity contribution in [2.24, 2.45) is 0 Å². The first kappa shape index (κ1) is 25.6. The smallest absolute Gasteiger partial charge is 0.385 e. The molecule has 1 fully saturated rings. The lowest BCUT2D eigenvalue weighted by Gasteiger charge is -2.24. The second kappa shape index (κ2) is 9.32. The number of aldehydes is 1. The lowest BCUT2D eigenvalue weighted by molar-refractivity contribution is -0.204. The number of aromatic amines is 1. The number of ether oxygens (including phenoxy) is 1. The molecule has 2 heterocycles. The van der Waals surface area contributed by atoms with E-state index in [1.54, 1.807) is 0 Å². The van der Waals surface area contributed by atoms with Crippen LogP contribution in [-0.4, -0.2) is 70.3 Å². The van der Waals surface area contributed by atoms with Crippen molar-refractivity contribution in [3.8, 4) is 0 Å². The molecule has 7 N–H and O–H groups in total. The normalized spacial score (nSPS) is 32.7. The van der Waals surface area contributed by atoms with E-state index >= 15 is 4.39 Å². The summed E-state index contributed by atoms with van der Waals surface area (Å²) in [4.78, 5) is 59.8. The fourth-order valence-electron chi connectivity index (χ4n) is 2.18. The summed E-state index contributed by atoms with van der Waals surface area (Å²) >= 11 is 4.75. The Labute approximate surface area is 181 Å². The Bertz CT molecular complexity index is 1200. The van der Waals surface area contributed by atoms with Gasteiger partial charge < -0.3 is 34.5 Å². The van der Waals surface area contributed by atoms with Gasteiger partial charge in [-0.15, -0.1) is 0 Å². The number of nitrogens with one attached hydrogen (secondary N) is 1. The van der Waals surface area contributed by atoms with Crippen LogP contribution in [0.3, 0.4) is 0 Å². The van der Waals surface area contributed by atoms with Gasteiger partial charge >= 0.3 is 23.5 Å². The minimum Gasteiger partial charge on any atom is -0.385 e. The Morgan fingerprint density at radius 2 is 1.88 bits per heavy atom. The predicted molar refractivity (Wildman–Crippen MR) is 97.1 cm³/mol. The number of hydrogen-bond donors (Lipinski definition) is 7. The fraction of sp³-hybridized carbons (Fsp3) is 0.500. The van der Waals surface area contributed by atoms with Gasteiger partial charge in [0.2, 0.25) is 0 Å². The van der Waals surface area contributed by atoms with Crippen LogP contribution in [-0.2, 0) is 31.6 Å². The van der Waals surface area contributed by atoms with E-state index in [1.807, 2.05) is 4.98 Å². The molecule has 6 atom stereocenters. The summed E-state index contributed by atoms with van der Waals surface area (Å²) in [7, 11) is -17.5. The summed E-state index contributed by atoms with van der Waals surface area (Å²) in [5.41, 5.74) is -1.66. The molecule has 22 heteroatoms. The maximum atomic E-state index is 15.1. The molecule has 32 heavy (non-hydrogen) atoms. The van der Waals surface area contributed by atoms with E-state index in [1.165, 1.54) is 0 Å². The van der Waals surface area contributed by atoms with E-state index in [2.05, 4.69) is 17.9 Å². The first-order valence-corrected chi connectivity index (χ1v) is 12.5. The third-order valence-electron chi connectivity index (χ3n) is 3.44. The van der Waals surface area contributed by atoms with Crippen LogP contribution < -0.4 is 5.56 Å². The maximum Gasteiger partial charge on any atom is 0.490 e. The van der Waals surface area contributed by atoms with E-state index in [-0.39, 0.29) is 6.29 Å². The molecule has 1 aliphatic rings. The van der Waals surface area contributed by atoms with Crippen LogP contribution in [0.2, 0.25) is 0 Å². The first-order valence-electron chi connectivity index (χ1n) is 8.10. The summed E-state index contributed by atoms with van der Waals surface area (Å²) in [6, 6.07) is 0. The molecule has 17 nitrogen and oxygen atoms in total. The van der Waals surface area contributed by atoms with Crippen molar-refractivity contribution < 1.29 is 71.9 Å². The van der Waals surface area contributed by atoms with Crippen molar-refractivity contribution in [3.05, 3.63) is 26.9 Å². The van der Waals surface area contributed by atoms with Crippen LogP contribution in [0.5, 0.6) is 0 Å². The highest BCUT2D eigenvalue weighted by molar-refractivity contribution is 7.71. The van der Waals surface area contributed by atoms with Gasteiger partial charge in [0.1, 0.15) is 18.8 Å². The Hall–Kier alpha value is -1.01. The number of nitrogens with zero attached hydrogens (tertiary/aromatic N) is 1. The Balaban J connectivity index is 2.29. The highest BCUT2D eigenvalue weighted by Gasteiger charge is 2.57. The van der Waals surface area contributed by atoms with Gasteiger partial charge in [-0.25, -0.2) is 18.1 Å². The Kier molecular flexibility index (Phi) is 7.46. The molecule has 0 radical (unpaired) electrons. The zero-order valence-corrected chi connectivity index (χ0v) is 18.4. The topological polar surface area (TPSA) is 264 Å². The number of carbonyl (C=O) groups is 1. The van der Waals surface area contributed by atoms with Gasteiger partial charge in [0.15, 0.2) is 17.3 Å². The zero-order valence-electron chi connectivity index (χ0n) is 15.9. The van der Waals surface area contributed by atoms with Crippen LogP contribution in [0, 0.1) is 4.77 Å². The molecule has 1 saturated heterocycles. The largest absolute Gasteiger partial charge is 0.490 e. The summed E-state index contributed by atoms with van der Waals surface area (Å²) < 4.78 is 72.1. The van der Waals surface area contributed by atoms with Gasteiger partial charge in [-0.2, -0.15) is 8.62 Å². The SMILES string of the molecule is [2H][C@@]1(n2cc(C=O)c(=O)[nH]c2=S)O[C@](F)(COP(=O)(O)OP(=O)(O)OP(=O)(O)O)[C@@H](O)[C@H]1O. The monoisotopic (exact) mass is 547 g/mol. The summed E-state index contributed by atoms with van der Waals surface area (Å²) in [5, 5.41) is 20.1. The fourth-order valence-corrected chi connectivity index (χ4v) is 5.45. The van der Waals surface area contributed by atoms with Crippen molar-refractivity contribution >= 4 is 42.0 Å². The standard InChI is InChI=1S/C10H14FN2O15P3S/c11-10(3-25-30(21,22)28-31(23,24)27-29(18,19)20)6(16)5(15)8(26-10)13-1-4(2-14)7(17)12-9(13)32/h1-2,5-6,8,15-16H,3H2,(H,21,22)(H,23,24)(H,12,17,32)(H2,18,19,20)/t5-,6+,8-,10-/m1/s1/i8D. The molecular weight excluding hydrogens is 532 g/mol. The average molecular weight is 547 g/mol. The van der Waals surface area contributed by atoms with E-state index in [0.717, 1.165) is 0 Å². The van der Waals surface area contributed by atoms with Crippen molar-refractivity contribution in [2.45, 2.75) is 24.3 Å². The number of hydrogen-bond acceptors (Lipinski definition) is 12. The number of phosphoric ester groups is 1. The van der Waals surface area contributed by atoms with Gasteiger partial charge in [-0.3, -0.25) is 23.7 Å². The highest BCUT2D eigenvalue weighted by atomic mass is 32.1. The molecule has 0 amide bonds. The molecule has 0 spiro atoms. The van der Waals surface area contributed by atoms with Crippen molar-refractivity contribution in [1.82, 2.24) is 9.55 Å². The number of rotatable bonds is 9. The number of H-pyrrole nitrogens is 1. The van der Waals surface area contributed by atoms with E-state index in [4.69, 9.17) is 28.3 Å². The van der Waals surface area contributed by atoms with Gasteiger partial charge in [-0.1, -0.05) is 0 Å². The van der Waals surface area contributed by atoms with Crippen LogP contribution in [0.25, 0.3) is 0 Å². The van der Waals surface area contributed by atoms with Crippen molar-refractivity contribution in [2.75, 3.05) is 6.61 Å².